The Kier molecular flexibility index (Phi) is 3.26. The third kappa shape index (κ3) is 2.31. The maximum atomic E-state index is 12.8. The molecule has 2 rings (SSSR count). The number of benzene rings is 1. The Morgan fingerprint density at radius 3 is 2.61 bits per heavy atom. The van der Waals surface area contributed by atoms with Crippen LogP contribution in [0.3, 0.4) is 0 Å². The monoisotopic (exact) mass is 369 g/mol. The molecule has 0 saturated heterocycles. The molecule has 18 heavy (non-hydrogen) atoms. The van der Waals surface area contributed by atoms with Gasteiger partial charge in [-0.2, -0.15) is 13.2 Å². The van der Waals surface area contributed by atoms with Gasteiger partial charge in [0.2, 0.25) is 0 Å². The lowest BCUT2D eigenvalue weighted by molar-refractivity contribution is -0.146. The molecule has 0 aromatic heterocycles. The number of carbonyl (C=O) groups is 1. The minimum absolute atomic E-state index is 0.286. The van der Waals surface area contributed by atoms with E-state index in [1.807, 2.05) is 22.6 Å². The van der Waals surface area contributed by atoms with Crippen LogP contribution in [0.15, 0.2) is 23.8 Å². The predicted octanol–water partition coefficient (Wildman–Crippen LogP) is 3.12. The van der Waals surface area contributed by atoms with Crippen LogP contribution in [0.1, 0.15) is 5.56 Å². The fourth-order valence-corrected chi connectivity index (χ4v) is 2.38. The van der Waals surface area contributed by atoms with E-state index in [9.17, 15) is 18.0 Å². The number of carboxylic acids is 1. The molecule has 0 bridgehead atoms. The summed E-state index contributed by atoms with van der Waals surface area (Å²) in [6.07, 6.45) is -3.57. The third-order valence-electron chi connectivity index (χ3n) is 2.54. The fourth-order valence-electron chi connectivity index (χ4n) is 1.73. The molecule has 1 aromatic carbocycles. The van der Waals surface area contributed by atoms with Crippen LogP contribution in [0.2, 0.25) is 0 Å². The molecular formula is C11H7F3INO2. The van der Waals surface area contributed by atoms with E-state index in [1.54, 1.807) is 12.1 Å². The highest BCUT2D eigenvalue weighted by atomic mass is 127. The summed E-state index contributed by atoms with van der Waals surface area (Å²) in [4.78, 5) is 10.9. The highest BCUT2D eigenvalue weighted by molar-refractivity contribution is 14.1. The molecule has 1 aliphatic rings. The van der Waals surface area contributed by atoms with Gasteiger partial charge in [-0.1, -0.05) is 6.07 Å². The molecule has 0 saturated carbocycles. The van der Waals surface area contributed by atoms with Crippen molar-refractivity contribution in [2.75, 3.05) is 5.32 Å². The summed E-state index contributed by atoms with van der Waals surface area (Å²) in [5, 5.41) is 11.1. The summed E-state index contributed by atoms with van der Waals surface area (Å²) in [6.45, 7) is 0. The van der Waals surface area contributed by atoms with E-state index in [2.05, 4.69) is 5.32 Å². The standard InChI is InChI=1S/C11H7F3INO2/c12-11(13,14)9-6(10(17)18)4-5-7(15)2-1-3-8(5)16-9/h1-4,9,16H,(H,17,18). The summed E-state index contributed by atoms with van der Waals surface area (Å²) >= 11 is 1.95. The number of hydrogen-bond donors (Lipinski definition) is 2. The molecule has 1 atom stereocenters. The zero-order valence-corrected chi connectivity index (χ0v) is 10.9. The lowest BCUT2D eigenvalue weighted by atomic mass is 9.97. The second-order valence-electron chi connectivity index (χ2n) is 3.72. The Morgan fingerprint density at radius 2 is 2.06 bits per heavy atom. The van der Waals surface area contributed by atoms with Crippen molar-refractivity contribution in [1.82, 2.24) is 0 Å². The summed E-state index contributed by atoms with van der Waals surface area (Å²) < 4.78 is 39.0. The van der Waals surface area contributed by atoms with Crippen molar-refractivity contribution in [3.8, 4) is 0 Å². The van der Waals surface area contributed by atoms with Crippen LogP contribution in [0.5, 0.6) is 0 Å². The molecular weight excluding hydrogens is 362 g/mol. The van der Waals surface area contributed by atoms with Crippen molar-refractivity contribution < 1.29 is 23.1 Å². The number of fused-ring (bicyclic) bond motifs is 1. The highest BCUT2D eigenvalue weighted by Crippen LogP contribution is 2.36. The number of aliphatic carboxylic acids is 1. The Balaban J connectivity index is 2.57. The highest BCUT2D eigenvalue weighted by Gasteiger charge is 2.46. The number of anilines is 1. The van der Waals surface area contributed by atoms with Gasteiger partial charge < -0.3 is 10.4 Å². The van der Waals surface area contributed by atoms with Crippen LogP contribution in [0.4, 0.5) is 18.9 Å². The van der Waals surface area contributed by atoms with Gasteiger partial charge in [0.15, 0.2) is 6.04 Å². The Hall–Kier alpha value is -1.25. The first-order valence-electron chi connectivity index (χ1n) is 4.87. The number of alkyl halides is 3. The zero-order chi connectivity index (χ0) is 13.5. The van der Waals surface area contributed by atoms with E-state index in [0.717, 1.165) is 6.08 Å². The van der Waals surface area contributed by atoms with Gasteiger partial charge in [0.05, 0.1) is 5.57 Å². The average molecular weight is 369 g/mol. The van der Waals surface area contributed by atoms with Crippen molar-refractivity contribution in [2.24, 2.45) is 0 Å². The topological polar surface area (TPSA) is 49.3 Å². The van der Waals surface area contributed by atoms with E-state index in [-0.39, 0.29) is 5.69 Å². The molecule has 1 unspecified atom stereocenters. The second kappa shape index (κ2) is 4.45. The number of hydrogen-bond acceptors (Lipinski definition) is 2. The smallest absolute Gasteiger partial charge is 0.413 e. The van der Waals surface area contributed by atoms with Crippen molar-refractivity contribution in [2.45, 2.75) is 12.2 Å². The van der Waals surface area contributed by atoms with Crippen LogP contribution in [0.25, 0.3) is 6.08 Å². The van der Waals surface area contributed by atoms with Crippen LogP contribution in [-0.4, -0.2) is 23.3 Å². The summed E-state index contributed by atoms with van der Waals surface area (Å²) in [6, 6.07) is 2.62. The second-order valence-corrected chi connectivity index (χ2v) is 4.89. The van der Waals surface area contributed by atoms with Crippen molar-refractivity contribution in [3.63, 3.8) is 0 Å². The zero-order valence-electron chi connectivity index (χ0n) is 8.75. The molecule has 0 spiro atoms. The minimum Gasteiger partial charge on any atom is -0.478 e. The van der Waals surface area contributed by atoms with Crippen LogP contribution < -0.4 is 5.32 Å². The molecule has 0 aliphatic carbocycles. The number of halogens is 4. The van der Waals surface area contributed by atoms with Crippen molar-refractivity contribution >= 4 is 40.3 Å². The summed E-state index contributed by atoms with van der Waals surface area (Å²) in [5.41, 5.74) is 0.0596. The molecule has 0 radical (unpaired) electrons. The number of rotatable bonds is 1. The van der Waals surface area contributed by atoms with Gasteiger partial charge in [-0.15, -0.1) is 0 Å². The lowest BCUT2D eigenvalue weighted by Crippen LogP contribution is -2.42. The summed E-state index contributed by atoms with van der Waals surface area (Å²) in [7, 11) is 0. The number of nitrogens with one attached hydrogen (secondary N) is 1. The van der Waals surface area contributed by atoms with E-state index in [1.165, 1.54) is 6.07 Å². The first-order chi connectivity index (χ1) is 8.30. The molecule has 96 valence electrons. The van der Waals surface area contributed by atoms with Gasteiger partial charge in [0, 0.05) is 14.8 Å². The first-order valence-corrected chi connectivity index (χ1v) is 5.95. The van der Waals surface area contributed by atoms with Gasteiger partial charge >= 0.3 is 12.1 Å². The molecule has 7 heteroatoms. The Morgan fingerprint density at radius 1 is 1.39 bits per heavy atom. The Labute approximate surface area is 114 Å². The third-order valence-corrected chi connectivity index (χ3v) is 3.48. The number of carboxylic acid groups (broad SMARTS) is 1. The Bertz CT molecular complexity index is 540. The van der Waals surface area contributed by atoms with Gasteiger partial charge in [-0.05, 0) is 40.8 Å². The van der Waals surface area contributed by atoms with Gasteiger partial charge in [0.25, 0.3) is 0 Å². The van der Waals surface area contributed by atoms with Crippen LogP contribution in [-0.2, 0) is 4.79 Å². The average Bonchev–Trinajstić information content (AvgIpc) is 2.26. The maximum Gasteiger partial charge on any atom is 0.413 e. The molecule has 3 nitrogen and oxygen atoms in total. The molecule has 0 fully saturated rings. The summed E-state index contributed by atoms with van der Waals surface area (Å²) in [5.74, 6) is -1.57. The molecule has 1 aliphatic heterocycles. The van der Waals surface area contributed by atoms with E-state index in [4.69, 9.17) is 5.11 Å². The fraction of sp³-hybridized carbons (Fsp3) is 0.182. The largest absolute Gasteiger partial charge is 0.478 e. The predicted molar refractivity (Wildman–Crippen MR) is 68.2 cm³/mol. The molecule has 1 heterocycles. The lowest BCUT2D eigenvalue weighted by Gasteiger charge is -2.28. The van der Waals surface area contributed by atoms with E-state index in [0.29, 0.717) is 9.13 Å². The van der Waals surface area contributed by atoms with Gasteiger partial charge in [-0.25, -0.2) is 4.79 Å². The van der Waals surface area contributed by atoms with Crippen LogP contribution in [0, 0.1) is 3.57 Å². The minimum atomic E-state index is -4.65. The van der Waals surface area contributed by atoms with Crippen molar-refractivity contribution in [1.29, 1.82) is 0 Å². The first kappa shape index (κ1) is 13.2. The quantitative estimate of drug-likeness (QED) is 0.748. The maximum absolute atomic E-state index is 12.8. The van der Waals surface area contributed by atoms with Gasteiger partial charge in [-0.3, -0.25) is 0 Å². The molecule has 0 amide bonds. The molecule has 2 N–H and O–H groups in total. The van der Waals surface area contributed by atoms with E-state index >= 15 is 0 Å². The van der Waals surface area contributed by atoms with Gasteiger partial charge in [0.1, 0.15) is 0 Å². The normalized spacial score (nSPS) is 18.7. The van der Waals surface area contributed by atoms with E-state index < -0.39 is 23.8 Å². The molecule has 1 aromatic rings. The van der Waals surface area contributed by atoms with Crippen molar-refractivity contribution in [3.05, 3.63) is 32.9 Å². The SMILES string of the molecule is O=C(O)C1=Cc2c(I)cccc2NC1C(F)(F)F. The van der Waals surface area contributed by atoms with Crippen LogP contribution >= 0.6 is 22.6 Å².